The molecule has 194 valence electrons. The molecule has 2 aromatic rings. The molecule has 0 saturated carbocycles. The summed E-state index contributed by atoms with van der Waals surface area (Å²) in [7, 11) is 0. The summed E-state index contributed by atoms with van der Waals surface area (Å²) in [5, 5.41) is 3.01. The number of amides is 3. The average molecular weight is 493 g/mol. The van der Waals surface area contributed by atoms with Crippen molar-refractivity contribution in [2.24, 2.45) is 23.5 Å². The lowest BCUT2D eigenvalue weighted by atomic mass is 9.81. The number of nitrogens with one attached hydrogen (secondary N) is 1. The van der Waals surface area contributed by atoms with Gasteiger partial charge in [0.15, 0.2) is 0 Å². The molecule has 36 heavy (non-hydrogen) atoms. The van der Waals surface area contributed by atoms with Gasteiger partial charge in [0.05, 0.1) is 0 Å². The molecule has 0 radical (unpaired) electrons. The number of likely N-dealkylation sites (tertiary alicyclic amines) is 1. The van der Waals surface area contributed by atoms with E-state index < -0.39 is 23.8 Å². The van der Waals surface area contributed by atoms with Crippen LogP contribution in [0.25, 0.3) is 11.1 Å². The summed E-state index contributed by atoms with van der Waals surface area (Å²) in [5.74, 6) is -1.60. The molecule has 2 heterocycles. The quantitative estimate of drug-likeness (QED) is 0.488. The van der Waals surface area contributed by atoms with Crippen LogP contribution in [-0.4, -0.2) is 40.2 Å². The third-order valence-electron chi connectivity index (χ3n) is 6.89. The van der Waals surface area contributed by atoms with E-state index in [0.29, 0.717) is 32.4 Å². The Hall–Kier alpha value is -3.22. The van der Waals surface area contributed by atoms with E-state index in [9.17, 15) is 14.4 Å². The molecular weight excluding hydrogens is 452 g/mol. The highest BCUT2D eigenvalue weighted by atomic mass is 16.2. The van der Waals surface area contributed by atoms with E-state index in [1.807, 2.05) is 62.2 Å². The Morgan fingerprint density at radius 3 is 2.53 bits per heavy atom. The van der Waals surface area contributed by atoms with Gasteiger partial charge in [-0.15, -0.1) is 0 Å². The van der Waals surface area contributed by atoms with Gasteiger partial charge in [-0.1, -0.05) is 57.5 Å². The molecule has 3 amide bonds. The standard InChI is InChI=1S/C29H40N4O3/c1-4-10-24(27(30)34)25(15-20(2)3)28(35)32-26-13-8-9-14-33(29(26)36)19-21-16-23(18-31-17-21)22-11-6-5-7-12-22/h5-7,11-12,16-18,20,24-26H,4,8-10,13-15,19H2,1-3H3,(H2,30,34)(H,32,35)/t24-,25+,26-/m0/s1. The van der Waals surface area contributed by atoms with Gasteiger partial charge >= 0.3 is 0 Å². The number of primary amides is 1. The van der Waals surface area contributed by atoms with Gasteiger partial charge in [0.1, 0.15) is 6.04 Å². The summed E-state index contributed by atoms with van der Waals surface area (Å²) in [4.78, 5) is 45.3. The Kier molecular flexibility index (Phi) is 10.0. The predicted octanol–water partition coefficient (Wildman–Crippen LogP) is 4.31. The third-order valence-corrected chi connectivity index (χ3v) is 6.89. The molecule has 3 atom stereocenters. The minimum Gasteiger partial charge on any atom is -0.369 e. The normalized spacial score (nSPS) is 17.9. The molecule has 1 aromatic heterocycles. The summed E-state index contributed by atoms with van der Waals surface area (Å²) in [5.41, 5.74) is 8.72. The molecule has 0 aliphatic carbocycles. The van der Waals surface area contributed by atoms with Crippen LogP contribution in [0.15, 0.2) is 48.8 Å². The lowest BCUT2D eigenvalue weighted by Crippen LogP contribution is -2.50. The number of hydrogen-bond donors (Lipinski definition) is 2. The smallest absolute Gasteiger partial charge is 0.245 e. The molecular formula is C29H40N4O3. The van der Waals surface area contributed by atoms with Crippen LogP contribution in [0.4, 0.5) is 0 Å². The van der Waals surface area contributed by atoms with Crippen molar-refractivity contribution in [3.8, 4) is 11.1 Å². The first kappa shape index (κ1) is 27.4. The Balaban J connectivity index is 1.74. The number of aromatic nitrogens is 1. The number of nitrogens with two attached hydrogens (primary N) is 1. The molecule has 1 aliphatic heterocycles. The Morgan fingerprint density at radius 2 is 1.86 bits per heavy atom. The van der Waals surface area contributed by atoms with Crippen molar-refractivity contribution in [1.29, 1.82) is 0 Å². The second kappa shape index (κ2) is 13.2. The Labute approximate surface area is 214 Å². The van der Waals surface area contributed by atoms with Crippen molar-refractivity contribution < 1.29 is 14.4 Å². The molecule has 1 aromatic carbocycles. The van der Waals surface area contributed by atoms with Gasteiger partial charge in [0.2, 0.25) is 17.7 Å². The summed E-state index contributed by atoms with van der Waals surface area (Å²) in [6.45, 7) is 7.11. The van der Waals surface area contributed by atoms with Crippen molar-refractivity contribution in [1.82, 2.24) is 15.2 Å². The average Bonchev–Trinajstić information content (AvgIpc) is 3.03. The van der Waals surface area contributed by atoms with E-state index in [0.717, 1.165) is 36.0 Å². The third kappa shape index (κ3) is 7.39. The molecule has 1 saturated heterocycles. The number of nitrogens with zero attached hydrogens (tertiary/aromatic N) is 2. The maximum atomic E-state index is 13.5. The summed E-state index contributed by atoms with van der Waals surface area (Å²) >= 11 is 0. The lowest BCUT2D eigenvalue weighted by Gasteiger charge is -2.29. The largest absolute Gasteiger partial charge is 0.369 e. The van der Waals surface area contributed by atoms with Crippen LogP contribution in [-0.2, 0) is 20.9 Å². The van der Waals surface area contributed by atoms with Crippen molar-refractivity contribution >= 4 is 17.7 Å². The molecule has 7 heteroatoms. The first-order valence-corrected chi connectivity index (χ1v) is 13.2. The van der Waals surface area contributed by atoms with Crippen LogP contribution in [0.5, 0.6) is 0 Å². The SMILES string of the molecule is CCC[C@H](C(N)=O)[C@@H](CC(C)C)C(=O)N[C@H]1CCCCN(Cc2cncc(-c3ccccc3)c2)C1=O. The monoisotopic (exact) mass is 492 g/mol. The molecule has 1 aliphatic rings. The van der Waals surface area contributed by atoms with Crippen molar-refractivity contribution in [2.75, 3.05) is 6.54 Å². The molecule has 0 unspecified atom stereocenters. The second-order valence-corrected chi connectivity index (χ2v) is 10.3. The number of carbonyl (C=O) groups excluding carboxylic acids is 3. The molecule has 1 fully saturated rings. The van der Waals surface area contributed by atoms with Crippen LogP contribution in [0, 0.1) is 17.8 Å². The van der Waals surface area contributed by atoms with Crippen molar-refractivity contribution in [2.45, 2.75) is 71.9 Å². The molecule has 0 spiro atoms. The van der Waals surface area contributed by atoms with Gasteiger partial charge in [0, 0.05) is 42.9 Å². The first-order valence-electron chi connectivity index (χ1n) is 13.2. The predicted molar refractivity (Wildman–Crippen MR) is 141 cm³/mol. The Morgan fingerprint density at radius 1 is 1.11 bits per heavy atom. The van der Waals surface area contributed by atoms with E-state index in [2.05, 4.69) is 16.4 Å². The number of rotatable bonds is 11. The van der Waals surface area contributed by atoms with Gasteiger partial charge < -0.3 is 16.0 Å². The van der Waals surface area contributed by atoms with Gasteiger partial charge in [-0.05, 0) is 55.2 Å². The van der Waals surface area contributed by atoms with Crippen LogP contribution in [0.2, 0.25) is 0 Å². The summed E-state index contributed by atoms with van der Waals surface area (Å²) in [6.07, 6.45) is 7.81. The van der Waals surface area contributed by atoms with Gasteiger partial charge in [-0.3, -0.25) is 19.4 Å². The fourth-order valence-electron chi connectivity index (χ4n) is 5.07. The second-order valence-electron chi connectivity index (χ2n) is 10.3. The highest BCUT2D eigenvalue weighted by molar-refractivity contribution is 5.91. The van der Waals surface area contributed by atoms with Crippen LogP contribution in [0.3, 0.4) is 0 Å². The minimum absolute atomic E-state index is 0.0830. The highest BCUT2D eigenvalue weighted by Gasteiger charge is 2.35. The zero-order chi connectivity index (χ0) is 26.1. The summed E-state index contributed by atoms with van der Waals surface area (Å²) < 4.78 is 0. The molecule has 7 nitrogen and oxygen atoms in total. The minimum atomic E-state index is -0.602. The van der Waals surface area contributed by atoms with Gasteiger partial charge in [-0.25, -0.2) is 0 Å². The molecule has 3 N–H and O–H groups in total. The van der Waals surface area contributed by atoms with Gasteiger partial charge in [0.25, 0.3) is 0 Å². The Bertz CT molecular complexity index is 1020. The topological polar surface area (TPSA) is 105 Å². The number of pyridine rings is 1. The van der Waals surface area contributed by atoms with Crippen LogP contribution >= 0.6 is 0 Å². The fraction of sp³-hybridized carbons (Fsp3) is 0.517. The van der Waals surface area contributed by atoms with Crippen LogP contribution < -0.4 is 11.1 Å². The lowest BCUT2D eigenvalue weighted by molar-refractivity contribution is -0.139. The zero-order valence-electron chi connectivity index (χ0n) is 21.8. The maximum absolute atomic E-state index is 13.5. The number of carbonyl (C=O) groups is 3. The number of hydrogen-bond acceptors (Lipinski definition) is 4. The highest BCUT2D eigenvalue weighted by Crippen LogP contribution is 2.26. The maximum Gasteiger partial charge on any atom is 0.245 e. The van der Waals surface area contributed by atoms with E-state index >= 15 is 0 Å². The summed E-state index contributed by atoms with van der Waals surface area (Å²) in [6, 6.07) is 11.5. The van der Waals surface area contributed by atoms with Crippen molar-refractivity contribution in [3.05, 3.63) is 54.4 Å². The zero-order valence-corrected chi connectivity index (χ0v) is 21.8. The number of benzene rings is 1. The fourth-order valence-corrected chi connectivity index (χ4v) is 5.07. The van der Waals surface area contributed by atoms with E-state index in [-0.39, 0.29) is 17.7 Å². The molecule has 0 bridgehead atoms. The van der Waals surface area contributed by atoms with E-state index in [4.69, 9.17) is 5.73 Å². The van der Waals surface area contributed by atoms with E-state index in [1.54, 1.807) is 6.20 Å². The van der Waals surface area contributed by atoms with Crippen molar-refractivity contribution in [3.63, 3.8) is 0 Å². The molecule has 3 rings (SSSR count). The van der Waals surface area contributed by atoms with E-state index in [1.165, 1.54) is 0 Å². The van der Waals surface area contributed by atoms with Gasteiger partial charge in [-0.2, -0.15) is 0 Å². The van der Waals surface area contributed by atoms with Crippen LogP contribution in [0.1, 0.15) is 64.9 Å². The first-order chi connectivity index (χ1) is 17.3.